The van der Waals surface area contributed by atoms with E-state index in [1.54, 1.807) is 11.7 Å². The molecule has 0 aliphatic carbocycles. The van der Waals surface area contributed by atoms with Gasteiger partial charge in [-0.25, -0.2) is 0 Å². The van der Waals surface area contributed by atoms with Crippen LogP contribution >= 0.6 is 11.3 Å². The smallest absolute Gasteiger partial charge is 0.225 e. The molecule has 6 heteroatoms. The normalized spacial score (nSPS) is 12.4. The summed E-state index contributed by atoms with van der Waals surface area (Å²) in [5, 5.41) is 6.90. The molecule has 0 aliphatic heterocycles. The van der Waals surface area contributed by atoms with Gasteiger partial charge in [0.1, 0.15) is 5.76 Å². The van der Waals surface area contributed by atoms with Gasteiger partial charge in [-0.15, -0.1) is 11.3 Å². The van der Waals surface area contributed by atoms with Crippen LogP contribution in [0.4, 0.5) is 0 Å². The molecule has 0 fully saturated rings. The summed E-state index contributed by atoms with van der Waals surface area (Å²) in [6, 6.07) is 0.0530. The molecule has 0 saturated carbocycles. The number of carbonyl (C=O) groups excluding carboxylic acids is 1. The maximum absolute atomic E-state index is 11.8. The topological polar surface area (TPSA) is 68.0 Å². The van der Waals surface area contributed by atoms with Crippen molar-refractivity contribution in [2.75, 3.05) is 0 Å². The second-order valence-electron chi connectivity index (χ2n) is 4.62. The Labute approximate surface area is 116 Å². The third-order valence-electron chi connectivity index (χ3n) is 2.92. The molecule has 102 valence electrons. The second kappa shape index (κ2) is 5.97. The molecule has 2 rings (SSSR count). The number of aryl methyl sites for hydroxylation is 2. The van der Waals surface area contributed by atoms with Crippen molar-refractivity contribution in [2.45, 2.75) is 39.7 Å². The Hall–Kier alpha value is -1.69. The van der Waals surface area contributed by atoms with Gasteiger partial charge >= 0.3 is 0 Å². The minimum atomic E-state index is 0.0171. The first-order valence-electron chi connectivity index (χ1n) is 6.14. The van der Waals surface area contributed by atoms with Crippen molar-refractivity contribution in [1.29, 1.82) is 0 Å². The summed E-state index contributed by atoms with van der Waals surface area (Å²) in [4.78, 5) is 16.8. The van der Waals surface area contributed by atoms with Gasteiger partial charge in [0, 0.05) is 22.7 Å². The number of hydrogen-bond donors (Lipinski definition) is 1. The summed E-state index contributed by atoms with van der Waals surface area (Å²) in [5.74, 6) is 0.838. The molecule has 2 aromatic rings. The maximum atomic E-state index is 11.8. The first-order chi connectivity index (χ1) is 9.06. The fourth-order valence-corrected chi connectivity index (χ4v) is 2.56. The molecule has 0 aromatic carbocycles. The molecule has 0 bridgehead atoms. The van der Waals surface area contributed by atoms with Gasteiger partial charge in [-0.3, -0.25) is 9.78 Å². The highest BCUT2D eigenvalue weighted by atomic mass is 32.1. The summed E-state index contributed by atoms with van der Waals surface area (Å²) in [6.45, 7) is 5.79. The molecule has 0 radical (unpaired) electrons. The van der Waals surface area contributed by atoms with E-state index in [-0.39, 0.29) is 11.9 Å². The lowest BCUT2D eigenvalue weighted by molar-refractivity contribution is -0.120. The van der Waals surface area contributed by atoms with Crippen LogP contribution < -0.4 is 5.32 Å². The van der Waals surface area contributed by atoms with Crippen LogP contribution in [0.5, 0.6) is 0 Å². The highest BCUT2D eigenvalue weighted by Gasteiger charge is 2.15. The minimum absolute atomic E-state index is 0.0171. The summed E-state index contributed by atoms with van der Waals surface area (Å²) in [7, 11) is 0. The highest BCUT2D eigenvalue weighted by molar-refractivity contribution is 7.09. The van der Waals surface area contributed by atoms with E-state index in [9.17, 15) is 4.79 Å². The number of rotatable bonds is 5. The van der Waals surface area contributed by atoms with Crippen molar-refractivity contribution in [2.24, 2.45) is 0 Å². The quantitative estimate of drug-likeness (QED) is 0.909. The van der Waals surface area contributed by atoms with Gasteiger partial charge in [0.25, 0.3) is 0 Å². The van der Waals surface area contributed by atoms with E-state index in [1.165, 1.54) is 11.3 Å². The largest absolute Gasteiger partial charge is 0.361 e. The lowest BCUT2D eigenvalue weighted by Crippen LogP contribution is -2.35. The molecule has 19 heavy (non-hydrogen) atoms. The Morgan fingerprint density at radius 3 is 2.89 bits per heavy atom. The number of nitrogens with zero attached hydrogens (tertiary/aromatic N) is 2. The van der Waals surface area contributed by atoms with Crippen LogP contribution in [0.2, 0.25) is 0 Å². The van der Waals surface area contributed by atoms with Crippen LogP contribution in [0.3, 0.4) is 0 Å². The minimum Gasteiger partial charge on any atom is -0.361 e. The lowest BCUT2D eigenvalue weighted by atomic mass is 10.1. The van der Waals surface area contributed by atoms with Crippen molar-refractivity contribution in [3.8, 4) is 0 Å². The summed E-state index contributed by atoms with van der Waals surface area (Å²) >= 11 is 1.49. The van der Waals surface area contributed by atoms with E-state index in [0.29, 0.717) is 6.42 Å². The van der Waals surface area contributed by atoms with Crippen LogP contribution in [0, 0.1) is 13.8 Å². The van der Waals surface area contributed by atoms with E-state index in [1.807, 2.05) is 20.8 Å². The van der Waals surface area contributed by atoms with Gasteiger partial charge < -0.3 is 9.84 Å². The average molecular weight is 279 g/mol. The third kappa shape index (κ3) is 3.64. The lowest BCUT2D eigenvalue weighted by Gasteiger charge is -2.13. The molecule has 1 amide bonds. The van der Waals surface area contributed by atoms with E-state index in [2.05, 4.69) is 15.5 Å². The van der Waals surface area contributed by atoms with E-state index in [4.69, 9.17) is 4.52 Å². The fraction of sp³-hybridized carbons (Fsp3) is 0.462. The van der Waals surface area contributed by atoms with Gasteiger partial charge in [0.05, 0.1) is 17.6 Å². The predicted octanol–water partition coefficient (Wildman–Crippen LogP) is 2.04. The molecule has 0 spiro atoms. The van der Waals surface area contributed by atoms with E-state index in [0.717, 1.165) is 28.3 Å². The number of amides is 1. The van der Waals surface area contributed by atoms with Crippen LogP contribution in [-0.2, 0) is 17.6 Å². The zero-order valence-corrected chi connectivity index (χ0v) is 12.1. The Bertz CT molecular complexity index is 529. The molecule has 0 saturated heterocycles. The molecule has 1 atom stereocenters. The molecule has 0 aliphatic rings. The number of nitrogens with one attached hydrogen (secondary N) is 1. The fourth-order valence-electron chi connectivity index (χ4n) is 1.96. The Morgan fingerprint density at radius 2 is 2.32 bits per heavy atom. The summed E-state index contributed by atoms with van der Waals surface area (Å²) in [6.07, 6.45) is 2.84. The summed E-state index contributed by atoms with van der Waals surface area (Å²) in [5.41, 5.74) is 3.70. The molecular weight excluding hydrogens is 262 g/mol. The van der Waals surface area contributed by atoms with Crippen molar-refractivity contribution < 1.29 is 9.32 Å². The van der Waals surface area contributed by atoms with Crippen molar-refractivity contribution >= 4 is 17.2 Å². The zero-order valence-electron chi connectivity index (χ0n) is 11.3. The van der Waals surface area contributed by atoms with Crippen LogP contribution in [0.15, 0.2) is 16.2 Å². The van der Waals surface area contributed by atoms with Gasteiger partial charge in [0.15, 0.2) is 0 Å². The van der Waals surface area contributed by atoms with Gasteiger partial charge in [-0.1, -0.05) is 5.16 Å². The third-order valence-corrected chi connectivity index (χ3v) is 3.70. The SMILES string of the molecule is Cc1noc(C)c1CC(C)NC(=O)Cc1cncs1. The number of thiazole rings is 1. The first kappa shape index (κ1) is 13.7. The van der Waals surface area contributed by atoms with E-state index < -0.39 is 0 Å². The zero-order chi connectivity index (χ0) is 13.8. The standard InChI is InChI=1S/C13H17N3O2S/c1-8(4-12-9(2)16-18-10(12)3)15-13(17)5-11-6-14-7-19-11/h6-8H,4-5H2,1-3H3,(H,15,17). The Morgan fingerprint density at radius 1 is 1.53 bits per heavy atom. The number of carbonyl (C=O) groups is 1. The van der Waals surface area contributed by atoms with Crippen molar-refractivity contribution in [3.63, 3.8) is 0 Å². The molecular formula is C13H17N3O2S. The monoisotopic (exact) mass is 279 g/mol. The van der Waals surface area contributed by atoms with Crippen LogP contribution in [0.25, 0.3) is 0 Å². The molecule has 1 N–H and O–H groups in total. The van der Waals surface area contributed by atoms with E-state index >= 15 is 0 Å². The molecule has 5 nitrogen and oxygen atoms in total. The van der Waals surface area contributed by atoms with Crippen molar-refractivity contribution in [3.05, 3.63) is 33.6 Å². The second-order valence-corrected chi connectivity index (χ2v) is 5.59. The Kier molecular flexibility index (Phi) is 4.31. The Balaban J connectivity index is 1.87. The molecule has 2 aromatic heterocycles. The average Bonchev–Trinajstić information content (AvgIpc) is 2.94. The number of aromatic nitrogens is 2. The van der Waals surface area contributed by atoms with Crippen molar-refractivity contribution in [1.82, 2.24) is 15.5 Å². The maximum Gasteiger partial charge on any atom is 0.225 e. The van der Waals surface area contributed by atoms with Crippen LogP contribution in [0.1, 0.15) is 28.8 Å². The highest BCUT2D eigenvalue weighted by Crippen LogP contribution is 2.14. The summed E-state index contributed by atoms with van der Waals surface area (Å²) < 4.78 is 5.12. The predicted molar refractivity (Wildman–Crippen MR) is 73.1 cm³/mol. The molecule has 2 heterocycles. The van der Waals surface area contributed by atoms with Gasteiger partial charge in [0.2, 0.25) is 5.91 Å². The number of hydrogen-bond acceptors (Lipinski definition) is 5. The van der Waals surface area contributed by atoms with Crippen LogP contribution in [-0.4, -0.2) is 22.1 Å². The van der Waals surface area contributed by atoms with Gasteiger partial charge in [-0.05, 0) is 27.2 Å². The molecule has 1 unspecified atom stereocenters. The first-order valence-corrected chi connectivity index (χ1v) is 7.02. The van der Waals surface area contributed by atoms with Gasteiger partial charge in [-0.2, -0.15) is 0 Å².